The number of rotatable bonds is 0. The summed E-state index contributed by atoms with van der Waals surface area (Å²) in [5.74, 6) is -3.26. The molecular formula is C4H4ClF3. The predicted molar refractivity (Wildman–Crippen MR) is 24.1 cm³/mol. The van der Waals surface area contributed by atoms with E-state index in [-0.39, 0.29) is 6.42 Å². The van der Waals surface area contributed by atoms with E-state index in [1.54, 1.807) is 0 Å². The van der Waals surface area contributed by atoms with Crippen molar-refractivity contribution in [3.63, 3.8) is 0 Å². The average Bonchev–Trinajstić information content (AvgIpc) is 1.68. The first-order valence-corrected chi connectivity index (χ1v) is 2.64. The Bertz CT molecular complexity index is 93.5. The molecular weight excluding hydrogens is 140 g/mol. The minimum absolute atomic E-state index is 0.214. The third kappa shape index (κ3) is 0.607. The zero-order valence-electron chi connectivity index (χ0n) is 3.87. The highest BCUT2D eigenvalue weighted by Crippen LogP contribution is 2.43. The van der Waals surface area contributed by atoms with Crippen LogP contribution in [0.4, 0.5) is 13.2 Å². The lowest BCUT2D eigenvalue weighted by Gasteiger charge is -2.35. The number of hydrogen-bond acceptors (Lipinski definition) is 0. The van der Waals surface area contributed by atoms with Crippen molar-refractivity contribution < 1.29 is 13.2 Å². The van der Waals surface area contributed by atoms with Gasteiger partial charge in [-0.25, -0.2) is 13.2 Å². The normalized spacial score (nSPS) is 43.5. The van der Waals surface area contributed by atoms with Gasteiger partial charge in [0.25, 0.3) is 5.92 Å². The van der Waals surface area contributed by atoms with Crippen LogP contribution in [0.15, 0.2) is 0 Å². The Kier molecular flexibility index (Phi) is 1.19. The van der Waals surface area contributed by atoms with Gasteiger partial charge < -0.3 is 0 Å². The molecule has 1 aliphatic carbocycles. The third-order valence-corrected chi connectivity index (χ3v) is 1.72. The molecule has 1 rings (SSSR count). The molecule has 0 bridgehead atoms. The summed E-state index contributed by atoms with van der Waals surface area (Å²) in [5, 5.41) is -1.28. The van der Waals surface area contributed by atoms with E-state index in [9.17, 15) is 13.2 Å². The van der Waals surface area contributed by atoms with Crippen molar-refractivity contribution in [1.29, 1.82) is 0 Å². The molecule has 1 saturated carbocycles. The fourth-order valence-electron chi connectivity index (χ4n) is 0.532. The minimum Gasteiger partial charge on any atom is -0.241 e. The molecule has 0 spiro atoms. The van der Waals surface area contributed by atoms with Gasteiger partial charge >= 0.3 is 0 Å². The van der Waals surface area contributed by atoms with Crippen molar-refractivity contribution in [2.45, 2.75) is 23.9 Å². The Morgan fingerprint density at radius 3 is 2.00 bits per heavy atom. The highest BCUT2D eigenvalue weighted by molar-refractivity contribution is 6.22. The summed E-state index contributed by atoms with van der Waals surface area (Å²) in [5.41, 5.74) is 0. The summed E-state index contributed by atoms with van der Waals surface area (Å²) in [7, 11) is 0. The van der Waals surface area contributed by atoms with Gasteiger partial charge in [-0.15, -0.1) is 11.6 Å². The first kappa shape index (κ1) is 6.20. The van der Waals surface area contributed by atoms with Crippen LogP contribution in [0.3, 0.4) is 0 Å². The van der Waals surface area contributed by atoms with Gasteiger partial charge in [0.15, 0.2) is 6.17 Å². The van der Waals surface area contributed by atoms with Gasteiger partial charge in [-0.1, -0.05) is 0 Å². The zero-order valence-corrected chi connectivity index (χ0v) is 4.63. The van der Waals surface area contributed by atoms with E-state index in [1.807, 2.05) is 0 Å². The van der Waals surface area contributed by atoms with Crippen LogP contribution in [-0.2, 0) is 0 Å². The molecule has 0 radical (unpaired) electrons. The van der Waals surface area contributed by atoms with Gasteiger partial charge in [-0.05, 0) is 0 Å². The van der Waals surface area contributed by atoms with E-state index >= 15 is 0 Å². The Morgan fingerprint density at radius 2 is 2.00 bits per heavy atom. The topological polar surface area (TPSA) is 0 Å². The van der Waals surface area contributed by atoms with E-state index < -0.39 is 17.5 Å². The van der Waals surface area contributed by atoms with Gasteiger partial charge in [0, 0.05) is 6.42 Å². The second kappa shape index (κ2) is 1.53. The van der Waals surface area contributed by atoms with Gasteiger partial charge in [0.05, 0.1) is 0 Å². The number of alkyl halides is 4. The van der Waals surface area contributed by atoms with E-state index in [4.69, 9.17) is 11.6 Å². The average molecular weight is 145 g/mol. The van der Waals surface area contributed by atoms with Crippen LogP contribution in [0.25, 0.3) is 0 Å². The van der Waals surface area contributed by atoms with Gasteiger partial charge in [0.2, 0.25) is 0 Å². The fourth-order valence-corrected chi connectivity index (χ4v) is 0.825. The molecule has 0 nitrogen and oxygen atoms in total. The van der Waals surface area contributed by atoms with Gasteiger partial charge in [-0.2, -0.15) is 0 Å². The summed E-state index contributed by atoms with van der Waals surface area (Å²) in [6.07, 6.45) is -2.22. The third-order valence-electron chi connectivity index (χ3n) is 1.25. The summed E-state index contributed by atoms with van der Waals surface area (Å²) < 4.78 is 35.3. The standard InChI is InChI=1S/C4H4ClF3/c5-2-1-3(6)4(2,7)8/h2-3H,1H2. The maximum Gasteiger partial charge on any atom is 0.294 e. The molecule has 0 N–H and O–H groups in total. The van der Waals surface area contributed by atoms with Crippen molar-refractivity contribution in [2.75, 3.05) is 0 Å². The predicted octanol–water partition coefficient (Wildman–Crippen LogP) is 1.97. The molecule has 2 atom stereocenters. The fraction of sp³-hybridized carbons (Fsp3) is 1.00. The molecule has 0 aromatic heterocycles. The molecule has 0 heterocycles. The molecule has 1 fully saturated rings. The first-order valence-electron chi connectivity index (χ1n) is 2.21. The van der Waals surface area contributed by atoms with Crippen molar-refractivity contribution >= 4 is 11.6 Å². The van der Waals surface area contributed by atoms with Crippen molar-refractivity contribution in [3.8, 4) is 0 Å². The van der Waals surface area contributed by atoms with E-state index in [0.717, 1.165) is 0 Å². The van der Waals surface area contributed by atoms with Crippen LogP contribution in [0, 0.1) is 0 Å². The van der Waals surface area contributed by atoms with Gasteiger partial charge in [0.1, 0.15) is 5.38 Å². The molecule has 0 aromatic carbocycles. The molecule has 0 aliphatic heterocycles. The van der Waals surface area contributed by atoms with Gasteiger partial charge in [-0.3, -0.25) is 0 Å². The second-order valence-corrected chi connectivity index (χ2v) is 2.37. The van der Waals surface area contributed by atoms with E-state index in [2.05, 4.69) is 0 Å². The van der Waals surface area contributed by atoms with E-state index in [0.29, 0.717) is 0 Å². The van der Waals surface area contributed by atoms with Crippen LogP contribution in [0.1, 0.15) is 6.42 Å². The highest BCUT2D eigenvalue weighted by Gasteiger charge is 2.57. The van der Waals surface area contributed by atoms with Crippen LogP contribution in [-0.4, -0.2) is 17.5 Å². The Morgan fingerprint density at radius 1 is 1.50 bits per heavy atom. The molecule has 0 amide bonds. The largest absolute Gasteiger partial charge is 0.294 e. The Labute approximate surface area is 49.6 Å². The second-order valence-electron chi connectivity index (χ2n) is 1.85. The van der Waals surface area contributed by atoms with Crippen molar-refractivity contribution in [3.05, 3.63) is 0 Å². The highest BCUT2D eigenvalue weighted by atomic mass is 35.5. The van der Waals surface area contributed by atoms with Crippen molar-refractivity contribution in [1.82, 2.24) is 0 Å². The van der Waals surface area contributed by atoms with Crippen LogP contribution >= 0.6 is 11.6 Å². The smallest absolute Gasteiger partial charge is 0.241 e. The summed E-state index contributed by atoms with van der Waals surface area (Å²) in [6.45, 7) is 0. The summed E-state index contributed by atoms with van der Waals surface area (Å²) in [6, 6.07) is 0. The quantitative estimate of drug-likeness (QED) is 0.456. The lowest BCUT2D eigenvalue weighted by molar-refractivity contribution is -0.136. The lowest BCUT2D eigenvalue weighted by atomic mass is 9.92. The minimum atomic E-state index is -3.26. The summed E-state index contributed by atoms with van der Waals surface area (Å²) in [4.78, 5) is 0. The molecule has 0 aromatic rings. The Balaban J connectivity index is 2.52. The molecule has 48 valence electrons. The van der Waals surface area contributed by atoms with E-state index in [1.165, 1.54) is 0 Å². The van der Waals surface area contributed by atoms with Crippen LogP contribution in [0.5, 0.6) is 0 Å². The van der Waals surface area contributed by atoms with Crippen LogP contribution in [0.2, 0.25) is 0 Å². The SMILES string of the molecule is FC1CC(Cl)C1(F)F. The molecule has 1 aliphatic rings. The Hall–Kier alpha value is 0.0800. The van der Waals surface area contributed by atoms with Crippen LogP contribution < -0.4 is 0 Å². The maximum atomic E-state index is 11.8. The number of halogens is 4. The summed E-state index contributed by atoms with van der Waals surface area (Å²) >= 11 is 4.95. The number of hydrogen-bond donors (Lipinski definition) is 0. The molecule has 0 saturated heterocycles. The monoisotopic (exact) mass is 144 g/mol. The maximum absolute atomic E-state index is 11.8. The zero-order chi connectivity index (χ0) is 6.36. The molecule has 2 unspecified atom stereocenters. The molecule has 8 heavy (non-hydrogen) atoms. The molecule has 4 heteroatoms. The lowest BCUT2D eigenvalue weighted by Crippen LogP contribution is -2.51. The first-order chi connectivity index (χ1) is 3.55. The van der Waals surface area contributed by atoms with Crippen molar-refractivity contribution in [2.24, 2.45) is 0 Å².